The smallest absolute Gasteiger partial charge is 0.241 e. The van der Waals surface area contributed by atoms with Crippen molar-refractivity contribution in [2.24, 2.45) is 5.92 Å². The van der Waals surface area contributed by atoms with Crippen LogP contribution >= 0.6 is 0 Å². The summed E-state index contributed by atoms with van der Waals surface area (Å²) in [5, 5.41) is 0. The van der Waals surface area contributed by atoms with Crippen LogP contribution in [0.1, 0.15) is 26.7 Å². The summed E-state index contributed by atoms with van der Waals surface area (Å²) in [4.78, 5) is 0. The minimum atomic E-state index is -1.47. The topological polar surface area (TPSA) is 18.5 Å². The second-order valence-corrected chi connectivity index (χ2v) is 10.2. The maximum atomic E-state index is 6.22. The normalized spacial score (nSPS) is 35.9. The van der Waals surface area contributed by atoms with Crippen molar-refractivity contribution in [2.75, 3.05) is 0 Å². The average molecular weight is 226 g/mol. The maximum absolute atomic E-state index is 6.22. The molecule has 0 aromatic rings. The van der Waals surface area contributed by atoms with E-state index in [2.05, 4.69) is 33.5 Å². The van der Waals surface area contributed by atoms with Gasteiger partial charge in [0.15, 0.2) is 0 Å². The molecule has 2 nitrogen and oxygen atoms in total. The van der Waals surface area contributed by atoms with E-state index in [1.807, 2.05) is 0 Å². The van der Waals surface area contributed by atoms with Crippen LogP contribution in [0, 0.1) is 5.92 Å². The average Bonchev–Trinajstić information content (AvgIpc) is 2.54. The van der Waals surface area contributed by atoms with Crippen molar-refractivity contribution >= 4 is 8.32 Å². The van der Waals surface area contributed by atoms with Gasteiger partial charge in [0.2, 0.25) is 8.32 Å². The van der Waals surface area contributed by atoms with Crippen molar-refractivity contribution < 1.29 is 9.16 Å². The van der Waals surface area contributed by atoms with Gasteiger partial charge in [0, 0.05) is 5.92 Å². The van der Waals surface area contributed by atoms with Gasteiger partial charge in [0.25, 0.3) is 0 Å². The Labute approximate surface area is 93.8 Å². The molecule has 0 saturated carbocycles. The minimum Gasteiger partial charge on any atom is -0.547 e. The molecular weight excluding hydrogens is 204 g/mol. The molecule has 0 aromatic carbocycles. The quantitative estimate of drug-likeness (QED) is 0.673. The van der Waals surface area contributed by atoms with Gasteiger partial charge in [-0.05, 0) is 45.0 Å². The molecule has 2 heterocycles. The summed E-state index contributed by atoms with van der Waals surface area (Å²) >= 11 is 0. The van der Waals surface area contributed by atoms with Crippen LogP contribution in [0.2, 0.25) is 19.6 Å². The van der Waals surface area contributed by atoms with Gasteiger partial charge < -0.3 is 9.16 Å². The Balaban J connectivity index is 2.24. The monoisotopic (exact) mass is 226 g/mol. The van der Waals surface area contributed by atoms with Crippen LogP contribution in [0.25, 0.3) is 0 Å². The van der Waals surface area contributed by atoms with Crippen molar-refractivity contribution in [3.05, 3.63) is 11.3 Å². The van der Waals surface area contributed by atoms with E-state index in [4.69, 9.17) is 9.16 Å². The maximum Gasteiger partial charge on any atom is 0.241 e. The Morgan fingerprint density at radius 3 is 2.53 bits per heavy atom. The fourth-order valence-electron chi connectivity index (χ4n) is 2.54. The van der Waals surface area contributed by atoms with Crippen LogP contribution in [0.4, 0.5) is 0 Å². The van der Waals surface area contributed by atoms with Crippen molar-refractivity contribution in [2.45, 2.75) is 58.5 Å². The number of hydrogen-bond donors (Lipinski definition) is 0. The van der Waals surface area contributed by atoms with Gasteiger partial charge in [0.05, 0.1) is 18.0 Å². The Bertz CT molecular complexity index is 290. The number of ether oxygens (including phenoxy) is 1. The molecule has 0 unspecified atom stereocenters. The van der Waals surface area contributed by atoms with Crippen LogP contribution in [0.15, 0.2) is 11.3 Å². The lowest BCUT2D eigenvalue weighted by molar-refractivity contribution is 0.0105. The molecule has 0 spiro atoms. The molecule has 0 aromatic heterocycles. The molecule has 2 rings (SSSR count). The SMILES string of the molecule is CC1=C(O[Si](C)(C)C)[C@H](C)[C@@H]2CC[C@H]1O2. The van der Waals surface area contributed by atoms with Gasteiger partial charge in [-0.15, -0.1) is 0 Å². The first-order valence-corrected chi connectivity index (χ1v) is 9.34. The third-order valence-corrected chi connectivity index (χ3v) is 4.14. The Morgan fingerprint density at radius 2 is 1.93 bits per heavy atom. The number of rotatable bonds is 2. The van der Waals surface area contributed by atoms with E-state index in [9.17, 15) is 0 Å². The summed E-state index contributed by atoms with van der Waals surface area (Å²) in [6.45, 7) is 11.2. The highest BCUT2D eigenvalue weighted by Crippen LogP contribution is 2.41. The van der Waals surface area contributed by atoms with Crippen molar-refractivity contribution in [3.63, 3.8) is 0 Å². The zero-order valence-corrected chi connectivity index (χ0v) is 11.5. The summed E-state index contributed by atoms with van der Waals surface area (Å²) in [5.41, 5.74) is 1.35. The zero-order valence-electron chi connectivity index (χ0n) is 10.5. The highest BCUT2D eigenvalue weighted by atomic mass is 28.4. The fourth-order valence-corrected chi connectivity index (χ4v) is 3.55. The highest BCUT2D eigenvalue weighted by Gasteiger charge is 2.40. The van der Waals surface area contributed by atoms with E-state index >= 15 is 0 Å². The molecule has 2 aliphatic rings. The summed E-state index contributed by atoms with van der Waals surface area (Å²) in [6, 6.07) is 0. The van der Waals surface area contributed by atoms with Crippen LogP contribution in [0.3, 0.4) is 0 Å². The molecule has 3 atom stereocenters. The van der Waals surface area contributed by atoms with Crippen LogP contribution < -0.4 is 0 Å². The molecule has 3 heteroatoms. The fraction of sp³-hybridized carbons (Fsp3) is 0.833. The largest absolute Gasteiger partial charge is 0.547 e. The molecule has 0 amide bonds. The lowest BCUT2D eigenvalue weighted by Crippen LogP contribution is -2.35. The van der Waals surface area contributed by atoms with Gasteiger partial charge in [-0.25, -0.2) is 0 Å². The third kappa shape index (κ3) is 2.13. The molecular formula is C12H22O2Si. The molecule has 15 heavy (non-hydrogen) atoms. The molecule has 1 fully saturated rings. The van der Waals surface area contributed by atoms with E-state index < -0.39 is 8.32 Å². The van der Waals surface area contributed by atoms with Crippen LogP contribution in [0.5, 0.6) is 0 Å². The Hall–Kier alpha value is -0.283. The molecule has 1 saturated heterocycles. The van der Waals surface area contributed by atoms with Gasteiger partial charge in [-0.1, -0.05) is 6.92 Å². The minimum absolute atomic E-state index is 0.345. The highest BCUT2D eigenvalue weighted by molar-refractivity contribution is 6.70. The van der Waals surface area contributed by atoms with Crippen molar-refractivity contribution in [1.82, 2.24) is 0 Å². The summed E-state index contributed by atoms with van der Waals surface area (Å²) < 4.78 is 12.2. The van der Waals surface area contributed by atoms with Gasteiger partial charge in [0.1, 0.15) is 0 Å². The van der Waals surface area contributed by atoms with Crippen molar-refractivity contribution in [1.29, 1.82) is 0 Å². The second-order valence-electron chi connectivity index (χ2n) is 5.79. The van der Waals surface area contributed by atoms with Gasteiger partial charge in [-0.2, -0.15) is 0 Å². The van der Waals surface area contributed by atoms with E-state index in [0.717, 1.165) is 0 Å². The first-order chi connectivity index (χ1) is 6.88. The first-order valence-electron chi connectivity index (χ1n) is 5.93. The van der Waals surface area contributed by atoms with E-state index in [0.29, 0.717) is 18.1 Å². The molecule has 2 aliphatic heterocycles. The Kier molecular flexibility index (Phi) is 2.71. The van der Waals surface area contributed by atoms with Gasteiger partial charge in [-0.3, -0.25) is 0 Å². The van der Waals surface area contributed by atoms with E-state index in [1.165, 1.54) is 24.2 Å². The Morgan fingerprint density at radius 1 is 1.27 bits per heavy atom. The second kappa shape index (κ2) is 3.63. The lowest BCUT2D eigenvalue weighted by atomic mass is 9.98. The van der Waals surface area contributed by atoms with Crippen LogP contribution in [-0.2, 0) is 9.16 Å². The molecule has 0 radical (unpaired) electrons. The van der Waals surface area contributed by atoms with Crippen molar-refractivity contribution in [3.8, 4) is 0 Å². The zero-order chi connectivity index (χ0) is 11.2. The van der Waals surface area contributed by atoms with E-state index in [-0.39, 0.29) is 0 Å². The summed E-state index contributed by atoms with van der Waals surface area (Å²) in [5.74, 6) is 1.70. The molecule has 0 aliphatic carbocycles. The third-order valence-electron chi connectivity index (χ3n) is 3.31. The standard InChI is InChI=1S/C12H22O2Si/c1-8-10-6-7-11(13-10)9(2)12(8)14-15(3,4)5/h8,10-11H,6-7H2,1-5H3/t8-,10+,11-/m1/s1. The van der Waals surface area contributed by atoms with E-state index in [1.54, 1.807) is 0 Å². The molecule has 86 valence electrons. The first kappa shape index (κ1) is 11.2. The number of fused-ring (bicyclic) bond motifs is 2. The number of hydrogen-bond acceptors (Lipinski definition) is 2. The summed E-state index contributed by atoms with van der Waals surface area (Å²) in [7, 11) is -1.47. The predicted molar refractivity (Wildman–Crippen MR) is 64.2 cm³/mol. The molecule has 2 bridgehead atoms. The predicted octanol–water partition coefficient (Wildman–Crippen LogP) is 3.31. The van der Waals surface area contributed by atoms with Gasteiger partial charge >= 0.3 is 0 Å². The van der Waals surface area contributed by atoms with Crippen LogP contribution in [-0.4, -0.2) is 20.5 Å². The lowest BCUT2D eigenvalue weighted by Gasteiger charge is -2.34. The molecule has 0 N–H and O–H groups in total. The summed E-state index contributed by atoms with van der Waals surface area (Å²) in [6.07, 6.45) is 3.13.